The van der Waals surface area contributed by atoms with Gasteiger partial charge in [-0.1, -0.05) is 28.8 Å². The van der Waals surface area contributed by atoms with Crippen molar-refractivity contribution >= 4 is 15.9 Å². The zero-order chi connectivity index (χ0) is 7.45. The number of hydrogen-bond acceptors (Lipinski definition) is 1. The SMILES string of the molecule is CC1(CCCCCBr)CO1. The van der Waals surface area contributed by atoms with Crippen LogP contribution in [0.5, 0.6) is 0 Å². The molecule has 0 aromatic heterocycles. The van der Waals surface area contributed by atoms with Crippen molar-refractivity contribution in [3.05, 3.63) is 0 Å². The van der Waals surface area contributed by atoms with E-state index >= 15 is 0 Å². The van der Waals surface area contributed by atoms with E-state index in [9.17, 15) is 0 Å². The highest BCUT2D eigenvalue weighted by atomic mass is 79.9. The van der Waals surface area contributed by atoms with Crippen molar-refractivity contribution in [1.29, 1.82) is 0 Å². The first-order chi connectivity index (χ1) is 4.77. The van der Waals surface area contributed by atoms with E-state index in [2.05, 4.69) is 22.9 Å². The van der Waals surface area contributed by atoms with Crippen LogP contribution in [0.3, 0.4) is 0 Å². The summed E-state index contributed by atoms with van der Waals surface area (Å²) in [6.07, 6.45) is 5.21. The van der Waals surface area contributed by atoms with E-state index in [1.807, 2.05) is 0 Å². The maximum Gasteiger partial charge on any atom is 0.0888 e. The Balaban J connectivity index is 1.86. The highest BCUT2D eigenvalue weighted by Gasteiger charge is 2.37. The summed E-state index contributed by atoms with van der Waals surface area (Å²) in [6.45, 7) is 3.18. The maximum absolute atomic E-state index is 5.26. The van der Waals surface area contributed by atoms with Gasteiger partial charge in [0.2, 0.25) is 0 Å². The first-order valence-corrected chi connectivity index (χ1v) is 5.09. The summed E-state index contributed by atoms with van der Waals surface area (Å²) < 4.78 is 5.26. The minimum atomic E-state index is 0.284. The fourth-order valence-electron chi connectivity index (χ4n) is 1.04. The number of ether oxygens (including phenoxy) is 1. The molecule has 1 aliphatic rings. The summed E-state index contributed by atoms with van der Waals surface area (Å²) in [5, 5.41) is 1.14. The quantitative estimate of drug-likeness (QED) is 0.383. The fourth-order valence-corrected chi connectivity index (χ4v) is 1.43. The van der Waals surface area contributed by atoms with Crippen LogP contribution >= 0.6 is 15.9 Å². The molecule has 2 heteroatoms. The van der Waals surface area contributed by atoms with Crippen LogP contribution in [0, 0.1) is 0 Å². The van der Waals surface area contributed by atoms with Gasteiger partial charge in [-0.15, -0.1) is 0 Å². The molecule has 0 spiro atoms. The molecule has 0 aromatic rings. The third-order valence-electron chi connectivity index (χ3n) is 1.98. The maximum atomic E-state index is 5.26. The molecule has 1 saturated heterocycles. The highest BCUT2D eigenvalue weighted by Crippen LogP contribution is 2.31. The van der Waals surface area contributed by atoms with Gasteiger partial charge in [-0.05, 0) is 19.8 Å². The molecule has 10 heavy (non-hydrogen) atoms. The summed E-state index contributed by atoms with van der Waals surface area (Å²) in [6, 6.07) is 0. The molecule has 0 radical (unpaired) electrons. The number of rotatable bonds is 5. The van der Waals surface area contributed by atoms with Crippen molar-refractivity contribution in [2.45, 2.75) is 38.2 Å². The third kappa shape index (κ3) is 3.02. The van der Waals surface area contributed by atoms with Crippen LogP contribution in [0.15, 0.2) is 0 Å². The second-order valence-corrected chi connectivity index (χ2v) is 4.03. The molecule has 0 N–H and O–H groups in total. The van der Waals surface area contributed by atoms with Crippen LogP contribution in [0.2, 0.25) is 0 Å². The van der Waals surface area contributed by atoms with Crippen LogP contribution in [0.4, 0.5) is 0 Å². The molecule has 1 fully saturated rings. The van der Waals surface area contributed by atoms with Gasteiger partial charge in [0.1, 0.15) is 0 Å². The Labute approximate surface area is 71.3 Å². The molecular formula is C8H15BrO. The standard InChI is InChI=1S/C8H15BrO/c1-8(7-10-8)5-3-2-4-6-9/h2-7H2,1H3. The molecule has 0 amide bonds. The molecule has 1 nitrogen and oxygen atoms in total. The third-order valence-corrected chi connectivity index (χ3v) is 2.54. The molecule has 0 bridgehead atoms. The lowest BCUT2D eigenvalue weighted by Crippen LogP contribution is -2.02. The van der Waals surface area contributed by atoms with Crippen molar-refractivity contribution in [3.8, 4) is 0 Å². The Kier molecular flexibility index (Phi) is 3.18. The molecule has 1 aliphatic heterocycles. The average Bonchev–Trinajstić information content (AvgIpc) is 2.62. The Morgan fingerprint density at radius 2 is 2.10 bits per heavy atom. The minimum absolute atomic E-state index is 0.284. The second-order valence-electron chi connectivity index (χ2n) is 3.24. The van der Waals surface area contributed by atoms with Gasteiger partial charge in [0.05, 0.1) is 12.2 Å². The van der Waals surface area contributed by atoms with Crippen molar-refractivity contribution in [3.63, 3.8) is 0 Å². The number of hydrogen-bond donors (Lipinski definition) is 0. The average molecular weight is 207 g/mol. The van der Waals surface area contributed by atoms with Crippen molar-refractivity contribution in [2.24, 2.45) is 0 Å². The van der Waals surface area contributed by atoms with Gasteiger partial charge in [-0.2, -0.15) is 0 Å². The first-order valence-electron chi connectivity index (χ1n) is 3.97. The second kappa shape index (κ2) is 3.72. The Morgan fingerprint density at radius 3 is 2.60 bits per heavy atom. The zero-order valence-corrected chi connectivity index (χ0v) is 8.11. The molecule has 1 unspecified atom stereocenters. The highest BCUT2D eigenvalue weighted by molar-refractivity contribution is 9.09. The summed E-state index contributed by atoms with van der Waals surface area (Å²) in [5.74, 6) is 0. The minimum Gasteiger partial charge on any atom is -0.370 e. The zero-order valence-electron chi connectivity index (χ0n) is 6.53. The molecule has 1 atom stereocenters. The van der Waals surface area contributed by atoms with E-state index in [-0.39, 0.29) is 5.60 Å². The lowest BCUT2D eigenvalue weighted by atomic mass is 10.0. The molecule has 1 rings (SSSR count). The van der Waals surface area contributed by atoms with Gasteiger partial charge in [0, 0.05) is 5.33 Å². The largest absolute Gasteiger partial charge is 0.370 e. The summed E-state index contributed by atoms with van der Waals surface area (Å²) in [5.41, 5.74) is 0.284. The van der Waals surface area contributed by atoms with Gasteiger partial charge >= 0.3 is 0 Å². The van der Waals surface area contributed by atoms with E-state index in [0.29, 0.717) is 0 Å². The van der Waals surface area contributed by atoms with Crippen LogP contribution in [0.25, 0.3) is 0 Å². The van der Waals surface area contributed by atoms with Gasteiger partial charge in [0.15, 0.2) is 0 Å². The van der Waals surface area contributed by atoms with Crippen LogP contribution in [0.1, 0.15) is 32.6 Å². The Morgan fingerprint density at radius 1 is 1.40 bits per heavy atom. The smallest absolute Gasteiger partial charge is 0.0888 e. The summed E-state index contributed by atoms with van der Waals surface area (Å²) in [7, 11) is 0. The predicted octanol–water partition coefficient (Wildman–Crippen LogP) is 2.73. The first kappa shape index (κ1) is 8.54. The number of epoxide rings is 1. The fraction of sp³-hybridized carbons (Fsp3) is 1.00. The van der Waals surface area contributed by atoms with E-state index < -0.39 is 0 Å². The van der Waals surface area contributed by atoms with E-state index in [1.54, 1.807) is 0 Å². The molecule has 0 aliphatic carbocycles. The molecule has 0 aromatic carbocycles. The van der Waals surface area contributed by atoms with Crippen LogP contribution in [-0.4, -0.2) is 17.5 Å². The number of unbranched alkanes of at least 4 members (excludes halogenated alkanes) is 2. The van der Waals surface area contributed by atoms with E-state index in [1.165, 1.54) is 25.7 Å². The summed E-state index contributed by atoms with van der Waals surface area (Å²) >= 11 is 3.41. The monoisotopic (exact) mass is 206 g/mol. The van der Waals surface area contributed by atoms with E-state index in [0.717, 1.165) is 11.9 Å². The van der Waals surface area contributed by atoms with Crippen LogP contribution < -0.4 is 0 Å². The summed E-state index contributed by atoms with van der Waals surface area (Å²) in [4.78, 5) is 0. The lowest BCUT2D eigenvalue weighted by Gasteiger charge is -2.02. The topological polar surface area (TPSA) is 12.5 Å². The van der Waals surface area contributed by atoms with Crippen molar-refractivity contribution in [1.82, 2.24) is 0 Å². The number of halogens is 1. The van der Waals surface area contributed by atoms with E-state index in [4.69, 9.17) is 4.74 Å². The lowest BCUT2D eigenvalue weighted by molar-refractivity contribution is 0.302. The van der Waals surface area contributed by atoms with Gasteiger partial charge < -0.3 is 4.74 Å². The molecule has 0 saturated carbocycles. The Bertz CT molecular complexity index is 99.4. The van der Waals surface area contributed by atoms with Crippen molar-refractivity contribution in [2.75, 3.05) is 11.9 Å². The van der Waals surface area contributed by atoms with Crippen molar-refractivity contribution < 1.29 is 4.74 Å². The molecular weight excluding hydrogens is 192 g/mol. The van der Waals surface area contributed by atoms with Crippen LogP contribution in [-0.2, 0) is 4.74 Å². The molecule has 60 valence electrons. The normalized spacial score (nSPS) is 30.6. The Hall–Kier alpha value is 0.440. The van der Waals surface area contributed by atoms with Gasteiger partial charge in [0.25, 0.3) is 0 Å². The molecule has 1 heterocycles. The predicted molar refractivity (Wildman–Crippen MR) is 46.6 cm³/mol. The van der Waals surface area contributed by atoms with Gasteiger partial charge in [-0.25, -0.2) is 0 Å². The number of alkyl halides is 1. The van der Waals surface area contributed by atoms with Gasteiger partial charge in [-0.3, -0.25) is 0 Å².